The smallest absolute Gasteiger partial charge is 0.407 e. The van der Waals surface area contributed by atoms with Crippen molar-refractivity contribution in [3.8, 4) is 0 Å². The van der Waals surface area contributed by atoms with Crippen molar-refractivity contribution in [1.29, 1.82) is 0 Å². The fraction of sp³-hybridized carbons (Fsp3) is 0.897. The summed E-state index contributed by atoms with van der Waals surface area (Å²) in [4.78, 5) is 52.6. The molecule has 0 aromatic carbocycles. The van der Waals surface area contributed by atoms with Crippen LogP contribution in [0.4, 0.5) is 4.79 Å². The first-order valence-corrected chi connectivity index (χ1v) is 19.5. The van der Waals surface area contributed by atoms with Gasteiger partial charge in [0.05, 0.1) is 19.3 Å². The number of hydrogen-bond donors (Lipinski definition) is 4. The molecule has 0 aromatic rings. The van der Waals surface area contributed by atoms with Crippen molar-refractivity contribution in [1.82, 2.24) is 15.5 Å². The maximum Gasteiger partial charge on any atom is 0.407 e. The molecule has 5 fully saturated rings. The number of ether oxygens (including phenoxy) is 2. The first kappa shape index (κ1) is 38.8. The molecule has 0 radical (unpaired) electrons. The molecule has 0 aromatic heterocycles. The van der Waals surface area contributed by atoms with Crippen molar-refractivity contribution in [3.63, 3.8) is 0 Å². The number of fused-ring (bicyclic) bond motifs is 5. The second kappa shape index (κ2) is 15.3. The van der Waals surface area contributed by atoms with E-state index in [1.54, 1.807) is 25.7 Å². The second-order valence-corrected chi connectivity index (χ2v) is 18.1. The van der Waals surface area contributed by atoms with Crippen LogP contribution < -0.4 is 10.6 Å². The van der Waals surface area contributed by atoms with Crippen molar-refractivity contribution < 1.29 is 38.9 Å². The summed E-state index contributed by atoms with van der Waals surface area (Å²) < 4.78 is 10.3. The molecule has 4 saturated carbocycles. The lowest BCUT2D eigenvalue weighted by atomic mass is 9.43. The van der Waals surface area contributed by atoms with Crippen molar-refractivity contribution >= 4 is 23.9 Å². The number of rotatable bonds is 10. The summed E-state index contributed by atoms with van der Waals surface area (Å²) in [6.45, 7) is 13.1. The fourth-order valence-electron chi connectivity index (χ4n) is 11.5. The van der Waals surface area contributed by atoms with E-state index in [9.17, 15) is 29.4 Å². The number of likely N-dealkylation sites (tertiary alicyclic amines) is 1. The number of carbonyl (C=O) groups excluding carboxylic acids is 4. The molecule has 284 valence electrons. The standard InChI is InChI=1S/C39H65N3O8/c1-23(27-11-12-28-34-29(15-17-39(27,28)6)38(5)16-14-26(43)19-24(38)20-31(34)44)10-13-33(46)42-22-25(21-30(42)35(47)49-7)41-32(45)9-8-18-40-36(48)50-37(2,3)4/h23-31,34,43-44H,8-22H2,1-7H3,(H,40,48)(H,41,45)/t23-,24?,25+,26-,27-,28?,29?,30+,31+,34?,38+,39-/m1/s1. The van der Waals surface area contributed by atoms with E-state index >= 15 is 0 Å². The summed E-state index contributed by atoms with van der Waals surface area (Å²) in [7, 11) is 1.32. The van der Waals surface area contributed by atoms with Crippen LogP contribution in [0.2, 0.25) is 0 Å². The highest BCUT2D eigenvalue weighted by molar-refractivity contribution is 5.86. The van der Waals surface area contributed by atoms with Gasteiger partial charge in [-0.2, -0.15) is 0 Å². The zero-order valence-electron chi connectivity index (χ0n) is 31.7. The van der Waals surface area contributed by atoms with Gasteiger partial charge in [0.25, 0.3) is 0 Å². The van der Waals surface area contributed by atoms with Crippen molar-refractivity contribution in [3.05, 3.63) is 0 Å². The molecule has 5 aliphatic rings. The first-order valence-electron chi connectivity index (χ1n) is 19.5. The van der Waals surface area contributed by atoms with Crippen LogP contribution in [0.5, 0.6) is 0 Å². The molecule has 4 N–H and O–H groups in total. The van der Waals surface area contributed by atoms with E-state index in [1.807, 2.05) is 0 Å². The van der Waals surface area contributed by atoms with Crippen LogP contribution in [0.25, 0.3) is 0 Å². The van der Waals surface area contributed by atoms with Crippen LogP contribution in [0.15, 0.2) is 0 Å². The number of alkyl carbamates (subject to hydrolysis) is 1. The lowest BCUT2D eigenvalue weighted by molar-refractivity contribution is -0.174. The van der Waals surface area contributed by atoms with Crippen molar-refractivity contribution in [2.24, 2.45) is 46.3 Å². The van der Waals surface area contributed by atoms with Gasteiger partial charge in [-0.15, -0.1) is 0 Å². The van der Waals surface area contributed by atoms with Crippen LogP contribution in [0.1, 0.15) is 125 Å². The minimum Gasteiger partial charge on any atom is -0.467 e. The molecule has 0 bridgehead atoms. The monoisotopic (exact) mass is 703 g/mol. The Morgan fingerprint density at radius 1 is 0.940 bits per heavy atom. The number of esters is 1. The van der Waals surface area contributed by atoms with E-state index in [2.05, 4.69) is 31.4 Å². The molecule has 0 spiro atoms. The summed E-state index contributed by atoms with van der Waals surface area (Å²) in [5, 5.41) is 27.6. The third kappa shape index (κ3) is 8.13. The lowest BCUT2D eigenvalue weighted by Gasteiger charge is -2.62. The SMILES string of the molecule is COC(=O)[C@@H]1C[C@H](NC(=O)CCCNC(=O)OC(C)(C)C)CN1C(=O)CC[C@@H](C)[C@H]1CCC2C3C(CC[C@@]21C)[C@@]1(C)CC[C@@H](O)CC1C[C@@H]3O. The molecule has 11 nitrogen and oxygen atoms in total. The Kier molecular flexibility index (Phi) is 11.9. The van der Waals surface area contributed by atoms with E-state index in [1.165, 1.54) is 7.11 Å². The molecule has 12 atom stereocenters. The van der Waals surface area contributed by atoms with Gasteiger partial charge in [0.15, 0.2) is 0 Å². The predicted molar refractivity (Wildman–Crippen MR) is 189 cm³/mol. The van der Waals surface area contributed by atoms with Gasteiger partial charge in [0.2, 0.25) is 11.8 Å². The summed E-state index contributed by atoms with van der Waals surface area (Å²) in [5.41, 5.74) is -0.270. The second-order valence-electron chi connectivity index (χ2n) is 18.1. The highest BCUT2D eigenvalue weighted by atomic mass is 16.6. The number of nitrogens with one attached hydrogen (secondary N) is 2. The number of hydrogen-bond acceptors (Lipinski definition) is 8. The Morgan fingerprint density at radius 3 is 2.34 bits per heavy atom. The van der Waals surface area contributed by atoms with Gasteiger partial charge in [-0.05, 0) is 131 Å². The molecular formula is C39H65N3O8. The number of aliphatic hydroxyl groups excluding tert-OH is 2. The number of carbonyl (C=O) groups is 4. The Labute approximate surface area is 299 Å². The molecule has 1 saturated heterocycles. The van der Waals surface area contributed by atoms with Crippen LogP contribution in [-0.4, -0.2) is 89.1 Å². The summed E-state index contributed by atoms with van der Waals surface area (Å²) in [6.07, 6.45) is 9.00. The highest BCUT2D eigenvalue weighted by Gasteiger charge is 2.63. The predicted octanol–water partition coefficient (Wildman–Crippen LogP) is 4.96. The minimum atomic E-state index is -0.732. The van der Waals surface area contributed by atoms with E-state index < -0.39 is 23.7 Å². The lowest BCUT2D eigenvalue weighted by Crippen LogP contribution is -2.58. The largest absolute Gasteiger partial charge is 0.467 e. The molecule has 4 unspecified atom stereocenters. The highest BCUT2D eigenvalue weighted by Crippen LogP contribution is 2.68. The molecule has 1 heterocycles. The van der Waals surface area contributed by atoms with E-state index in [0.29, 0.717) is 61.3 Å². The van der Waals surface area contributed by atoms with Gasteiger partial charge in [-0.25, -0.2) is 9.59 Å². The third-order valence-electron chi connectivity index (χ3n) is 13.9. The van der Waals surface area contributed by atoms with Gasteiger partial charge >= 0.3 is 12.1 Å². The molecular weight excluding hydrogens is 638 g/mol. The van der Waals surface area contributed by atoms with Crippen LogP contribution in [0.3, 0.4) is 0 Å². The summed E-state index contributed by atoms with van der Waals surface area (Å²) in [5.74, 6) is 1.73. The summed E-state index contributed by atoms with van der Waals surface area (Å²) >= 11 is 0. The van der Waals surface area contributed by atoms with E-state index in [4.69, 9.17) is 9.47 Å². The van der Waals surface area contributed by atoms with E-state index in [0.717, 1.165) is 57.8 Å². The third-order valence-corrected chi connectivity index (χ3v) is 13.9. The number of nitrogens with zero attached hydrogens (tertiary/aromatic N) is 1. The van der Waals surface area contributed by atoms with Gasteiger partial charge in [-0.3, -0.25) is 9.59 Å². The van der Waals surface area contributed by atoms with Gasteiger partial charge in [0, 0.05) is 38.4 Å². The zero-order valence-corrected chi connectivity index (χ0v) is 31.7. The summed E-state index contributed by atoms with van der Waals surface area (Å²) in [6, 6.07) is -1.09. The van der Waals surface area contributed by atoms with Crippen LogP contribution >= 0.6 is 0 Å². The maximum absolute atomic E-state index is 13.7. The van der Waals surface area contributed by atoms with Gasteiger partial charge < -0.3 is 35.2 Å². The Bertz CT molecular complexity index is 1250. The average Bonchev–Trinajstić information content (AvgIpc) is 3.62. The molecule has 11 heteroatoms. The number of amides is 3. The normalized spacial score (nSPS) is 38.7. The van der Waals surface area contributed by atoms with Gasteiger partial charge in [0.1, 0.15) is 11.6 Å². The first-order chi connectivity index (χ1) is 23.5. The molecule has 1 aliphatic heterocycles. The topological polar surface area (TPSA) is 154 Å². The van der Waals surface area contributed by atoms with Crippen LogP contribution in [-0.2, 0) is 23.9 Å². The average molecular weight is 704 g/mol. The molecule has 4 aliphatic carbocycles. The maximum atomic E-state index is 13.7. The molecule has 3 amide bonds. The Morgan fingerprint density at radius 2 is 1.64 bits per heavy atom. The Balaban J connectivity index is 1.13. The molecule has 50 heavy (non-hydrogen) atoms. The quantitative estimate of drug-likeness (QED) is 0.184. The Hall–Kier alpha value is -2.40. The van der Waals surface area contributed by atoms with Crippen molar-refractivity contribution in [2.75, 3.05) is 20.2 Å². The van der Waals surface area contributed by atoms with Crippen LogP contribution in [0, 0.1) is 46.3 Å². The minimum absolute atomic E-state index is 0.0878. The van der Waals surface area contributed by atoms with E-state index in [-0.39, 0.29) is 53.9 Å². The molecule has 5 rings (SSSR count). The zero-order chi connectivity index (χ0) is 36.6. The number of methoxy groups -OCH3 is 1. The number of aliphatic hydroxyl groups is 2. The van der Waals surface area contributed by atoms with Gasteiger partial charge in [-0.1, -0.05) is 20.8 Å². The van der Waals surface area contributed by atoms with Crippen molar-refractivity contribution in [2.45, 2.75) is 155 Å². The fourth-order valence-corrected chi connectivity index (χ4v) is 11.5.